The number of benzene rings is 1. The summed E-state index contributed by atoms with van der Waals surface area (Å²) in [4.78, 5) is 0. The Bertz CT molecular complexity index is 392. The van der Waals surface area contributed by atoms with E-state index >= 15 is 0 Å². The second-order valence-electron chi connectivity index (χ2n) is 6.08. The molecular formula is C14H18BrF. The molecule has 0 amide bonds. The normalized spacial score (nSPS) is 21.6. The Kier molecular flexibility index (Phi) is 2.69. The lowest BCUT2D eigenvalue weighted by Gasteiger charge is -2.41. The molecule has 16 heavy (non-hydrogen) atoms. The van der Waals surface area contributed by atoms with Crippen molar-refractivity contribution in [3.63, 3.8) is 0 Å². The van der Waals surface area contributed by atoms with Crippen LogP contribution in [0.4, 0.5) is 4.39 Å². The maximum absolute atomic E-state index is 13.7. The molecule has 0 aliphatic heterocycles. The minimum absolute atomic E-state index is 0.0897. The highest BCUT2D eigenvalue weighted by molar-refractivity contribution is 9.10. The van der Waals surface area contributed by atoms with Gasteiger partial charge in [-0.15, -0.1) is 0 Å². The standard InChI is InChI=1S/C14H18BrF/c1-13(2)5-6-14(3,4)10-8-12(16)11(15)7-9(10)13/h7-8H,5-6H2,1-4H3. The van der Waals surface area contributed by atoms with E-state index < -0.39 is 0 Å². The summed E-state index contributed by atoms with van der Waals surface area (Å²) in [6.45, 7) is 8.89. The Labute approximate surface area is 105 Å². The van der Waals surface area contributed by atoms with Gasteiger partial charge in [0.05, 0.1) is 4.47 Å². The number of hydrogen-bond donors (Lipinski definition) is 0. The van der Waals surface area contributed by atoms with Crippen LogP contribution < -0.4 is 0 Å². The molecule has 1 aromatic carbocycles. The van der Waals surface area contributed by atoms with E-state index in [1.54, 1.807) is 6.07 Å². The first-order valence-electron chi connectivity index (χ1n) is 5.74. The second kappa shape index (κ2) is 3.56. The zero-order valence-corrected chi connectivity index (χ0v) is 11.9. The molecule has 0 saturated heterocycles. The summed E-state index contributed by atoms with van der Waals surface area (Å²) in [6, 6.07) is 3.67. The monoisotopic (exact) mass is 284 g/mol. The summed E-state index contributed by atoms with van der Waals surface area (Å²) in [6.07, 6.45) is 2.28. The molecule has 0 radical (unpaired) electrons. The molecule has 2 rings (SSSR count). The van der Waals surface area contributed by atoms with Crippen LogP contribution in [0.2, 0.25) is 0 Å². The van der Waals surface area contributed by atoms with Crippen LogP contribution in [0.5, 0.6) is 0 Å². The summed E-state index contributed by atoms with van der Waals surface area (Å²) < 4.78 is 14.2. The van der Waals surface area contributed by atoms with Gasteiger partial charge in [-0.25, -0.2) is 4.39 Å². The molecule has 0 bridgehead atoms. The van der Waals surface area contributed by atoms with Gasteiger partial charge in [0.25, 0.3) is 0 Å². The van der Waals surface area contributed by atoms with E-state index in [1.807, 2.05) is 6.07 Å². The Morgan fingerprint density at radius 1 is 1.00 bits per heavy atom. The molecule has 0 heterocycles. The highest BCUT2D eigenvalue weighted by Gasteiger charge is 2.37. The number of fused-ring (bicyclic) bond motifs is 1. The van der Waals surface area contributed by atoms with Crippen LogP contribution in [0, 0.1) is 5.82 Å². The predicted molar refractivity (Wildman–Crippen MR) is 69.4 cm³/mol. The quantitative estimate of drug-likeness (QED) is 0.633. The third-order valence-electron chi connectivity index (χ3n) is 3.89. The topological polar surface area (TPSA) is 0 Å². The van der Waals surface area contributed by atoms with Gasteiger partial charge < -0.3 is 0 Å². The lowest BCUT2D eigenvalue weighted by molar-refractivity contribution is 0.330. The minimum atomic E-state index is -0.149. The van der Waals surface area contributed by atoms with Crippen LogP contribution in [-0.4, -0.2) is 0 Å². The molecule has 88 valence electrons. The van der Waals surface area contributed by atoms with Gasteiger partial charge in [0.1, 0.15) is 5.82 Å². The molecule has 1 aromatic rings. The Morgan fingerprint density at radius 3 is 1.94 bits per heavy atom. The Balaban J connectivity index is 2.70. The molecule has 1 aliphatic rings. The van der Waals surface area contributed by atoms with Crippen molar-refractivity contribution in [2.24, 2.45) is 0 Å². The first kappa shape index (κ1) is 12.1. The predicted octanol–water partition coefficient (Wildman–Crippen LogP) is 4.94. The number of hydrogen-bond acceptors (Lipinski definition) is 0. The van der Waals surface area contributed by atoms with E-state index in [-0.39, 0.29) is 16.6 Å². The fourth-order valence-electron chi connectivity index (χ4n) is 2.56. The van der Waals surface area contributed by atoms with Crippen molar-refractivity contribution in [2.75, 3.05) is 0 Å². The molecule has 0 fully saturated rings. The van der Waals surface area contributed by atoms with Crippen molar-refractivity contribution in [1.82, 2.24) is 0 Å². The molecule has 0 saturated carbocycles. The van der Waals surface area contributed by atoms with Gasteiger partial charge in [0.2, 0.25) is 0 Å². The van der Waals surface area contributed by atoms with Crippen molar-refractivity contribution in [1.29, 1.82) is 0 Å². The van der Waals surface area contributed by atoms with Gasteiger partial charge in [-0.05, 0) is 62.9 Å². The molecule has 0 N–H and O–H groups in total. The van der Waals surface area contributed by atoms with Crippen molar-refractivity contribution in [3.8, 4) is 0 Å². The first-order chi connectivity index (χ1) is 7.24. The van der Waals surface area contributed by atoms with E-state index in [0.717, 1.165) is 12.8 Å². The zero-order valence-electron chi connectivity index (χ0n) is 10.3. The van der Waals surface area contributed by atoms with E-state index in [1.165, 1.54) is 11.1 Å². The fourth-order valence-corrected chi connectivity index (χ4v) is 2.90. The van der Waals surface area contributed by atoms with E-state index in [2.05, 4.69) is 43.6 Å². The van der Waals surface area contributed by atoms with Crippen LogP contribution in [0.25, 0.3) is 0 Å². The SMILES string of the molecule is CC1(C)CCC(C)(C)c2cc(Br)c(F)cc21. The van der Waals surface area contributed by atoms with Gasteiger partial charge in [-0.2, -0.15) is 0 Å². The van der Waals surface area contributed by atoms with E-state index in [0.29, 0.717) is 4.47 Å². The largest absolute Gasteiger partial charge is 0.206 e. The Morgan fingerprint density at radius 2 is 1.44 bits per heavy atom. The van der Waals surface area contributed by atoms with Crippen LogP contribution in [0.3, 0.4) is 0 Å². The van der Waals surface area contributed by atoms with Gasteiger partial charge in [-0.3, -0.25) is 0 Å². The molecular weight excluding hydrogens is 267 g/mol. The van der Waals surface area contributed by atoms with Crippen molar-refractivity contribution in [3.05, 3.63) is 33.5 Å². The van der Waals surface area contributed by atoms with Crippen molar-refractivity contribution >= 4 is 15.9 Å². The van der Waals surface area contributed by atoms with Crippen molar-refractivity contribution < 1.29 is 4.39 Å². The lowest BCUT2D eigenvalue weighted by atomic mass is 9.63. The first-order valence-corrected chi connectivity index (χ1v) is 6.53. The smallest absolute Gasteiger partial charge is 0.137 e. The fraction of sp³-hybridized carbons (Fsp3) is 0.571. The summed E-state index contributed by atoms with van der Waals surface area (Å²) in [5, 5.41) is 0. The number of halogens is 2. The molecule has 0 aromatic heterocycles. The minimum Gasteiger partial charge on any atom is -0.206 e. The summed E-state index contributed by atoms with van der Waals surface area (Å²) in [7, 11) is 0. The van der Waals surface area contributed by atoms with Crippen LogP contribution in [-0.2, 0) is 10.8 Å². The van der Waals surface area contributed by atoms with Gasteiger partial charge in [-0.1, -0.05) is 27.7 Å². The van der Waals surface area contributed by atoms with Gasteiger partial charge in [0, 0.05) is 0 Å². The second-order valence-corrected chi connectivity index (χ2v) is 6.93. The third-order valence-corrected chi connectivity index (χ3v) is 4.50. The van der Waals surface area contributed by atoms with Crippen LogP contribution in [0.15, 0.2) is 16.6 Å². The molecule has 0 spiro atoms. The van der Waals surface area contributed by atoms with Gasteiger partial charge >= 0.3 is 0 Å². The number of rotatable bonds is 0. The molecule has 1 aliphatic carbocycles. The molecule has 0 atom stereocenters. The average Bonchev–Trinajstić information content (AvgIpc) is 2.17. The molecule has 2 heteroatoms. The maximum Gasteiger partial charge on any atom is 0.137 e. The van der Waals surface area contributed by atoms with E-state index in [4.69, 9.17) is 0 Å². The summed E-state index contributed by atoms with van der Waals surface area (Å²) in [5.41, 5.74) is 2.70. The lowest BCUT2D eigenvalue weighted by Crippen LogP contribution is -2.34. The van der Waals surface area contributed by atoms with Crippen LogP contribution in [0.1, 0.15) is 51.7 Å². The highest BCUT2D eigenvalue weighted by atomic mass is 79.9. The van der Waals surface area contributed by atoms with E-state index in [9.17, 15) is 4.39 Å². The molecule has 0 nitrogen and oxygen atoms in total. The Hall–Kier alpha value is -0.370. The zero-order chi connectivity index (χ0) is 12.1. The van der Waals surface area contributed by atoms with Gasteiger partial charge in [0.15, 0.2) is 0 Å². The third kappa shape index (κ3) is 1.81. The van der Waals surface area contributed by atoms with Crippen LogP contribution >= 0.6 is 15.9 Å². The summed E-state index contributed by atoms with van der Waals surface area (Å²) in [5.74, 6) is -0.149. The molecule has 0 unspecified atom stereocenters. The average molecular weight is 285 g/mol. The van der Waals surface area contributed by atoms with Crippen molar-refractivity contribution in [2.45, 2.75) is 51.4 Å². The maximum atomic E-state index is 13.7. The summed E-state index contributed by atoms with van der Waals surface area (Å²) >= 11 is 3.29. The highest BCUT2D eigenvalue weighted by Crippen LogP contribution is 2.46.